The fourth-order valence-electron chi connectivity index (χ4n) is 1.47. The van der Waals surface area contributed by atoms with E-state index in [0.717, 1.165) is 10.0 Å². The third-order valence-corrected chi connectivity index (χ3v) is 2.75. The van der Waals surface area contributed by atoms with Crippen LogP contribution < -0.4 is 11.0 Å². The Labute approximate surface area is 111 Å². The highest BCUT2D eigenvalue weighted by atomic mass is 79.9. The molecule has 0 radical (unpaired) electrons. The second-order valence-electron chi connectivity index (χ2n) is 3.71. The largest absolute Gasteiger partial charge is 0.349 e. The van der Waals surface area contributed by atoms with E-state index in [1.54, 1.807) is 0 Å². The standard InChI is InChI=1S/C11H11BrN4O2/c12-8-3-1-2-7(4-8)5-10(17)13-6-9-14-11(18)16-15-9/h1-4H,5-6H2,(H,13,17)(H2,14,15,16,18). The van der Waals surface area contributed by atoms with Gasteiger partial charge in [-0.1, -0.05) is 28.1 Å². The van der Waals surface area contributed by atoms with Gasteiger partial charge < -0.3 is 5.32 Å². The van der Waals surface area contributed by atoms with Gasteiger partial charge >= 0.3 is 5.69 Å². The quantitative estimate of drug-likeness (QED) is 0.777. The lowest BCUT2D eigenvalue weighted by Crippen LogP contribution is -2.25. The molecule has 2 rings (SSSR count). The highest BCUT2D eigenvalue weighted by Gasteiger charge is 2.05. The molecule has 0 bridgehead atoms. The number of nitrogens with zero attached hydrogens (tertiary/aromatic N) is 1. The monoisotopic (exact) mass is 310 g/mol. The molecule has 1 amide bonds. The van der Waals surface area contributed by atoms with E-state index >= 15 is 0 Å². The average molecular weight is 311 g/mol. The Morgan fingerprint density at radius 3 is 2.94 bits per heavy atom. The first-order chi connectivity index (χ1) is 8.63. The fourth-order valence-corrected chi connectivity index (χ4v) is 1.91. The molecular formula is C11H11BrN4O2. The van der Waals surface area contributed by atoms with Crippen molar-refractivity contribution in [3.63, 3.8) is 0 Å². The minimum absolute atomic E-state index is 0.128. The van der Waals surface area contributed by atoms with Crippen molar-refractivity contribution in [3.8, 4) is 0 Å². The maximum atomic E-state index is 11.6. The van der Waals surface area contributed by atoms with Gasteiger partial charge in [-0.15, -0.1) is 0 Å². The van der Waals surface area contributed by atoms with Gasteiger partial charge in [-0.2, -0.15) is 5.10 Å². The van der Waals surface area contributed by atoms with E-state index in [1.165, 1.54) is 0 Å². The molecule has 0 aliphatic rings. The Bertz CT molecular complexity index is 605. The lowest BCUT2D eigenvalue weighted by molar-refractivity contribution is -0.120. The van der Waals surface area contributed by atoms with Crippen LogP contribution in [0.15, 0.2) is 33.5 Å². The number of nitrogens with one attached hydrogen (secondary N) is 3. The summed E-state index contributed by atoms with van der Waals surface area (Å²) in [5.74, 6) is 0.277. The van der Waals surface area contributed by atoms with Crippen LogP contribution >= 0.6 is 15.9 Å². The molecule has 18 heavy (non-hydrogen) atoms. The van der Waals surface area contributed by atoms with E-state index < -0.39 is 0 Å². The van der Waals surface area contributed by atoms with Crippen molar-refractivity contribution in [2.24, 2.45) is 0 Å². The van der Waals surface area contributed by atoms with Crippen molar-refractivity contribution >= 4 is 21.8 Å². The second kappa shape index (κ2) is 5.63. The van der Waals surface area contributed by atoms with Crippen LogP contribution in [0.25, 0.3) is 0 Å². The first kappa shape index (κ1) is 12.6. The number of halogens is 1. The Morgan fingerprint density at radius 2 is 2.28 bits per heavy atom. The summed E-state index contributed by atoms with van der Waals surface area (Å²) in [5.41, 5.74) is 0.531. The van der Waals surface area contributed by atoms with Gasteiger partial charge in [-0.25, -0.2) is 9.89 Å². The topological polar surface area (TPSA) is 90.6 Å². The summed E-state index contributed by atoms with van der Waals surface area (Å²) < 4.78 is 0.935. The number of H-pyrrole nitrogens is 2. The van der Waals surface area contributed by atoms with Crippen LogP contribution in [-0.4, -0.2) is 21.1 Å². The number of aromatic amines is 2. The number of rotatable bonds is 4. The van der Waals surface area contributed by atoms with Gasteiger partial charge in [0.2, 0.25) is 5.91 Å². The molecule has 3 N–H and O–H groups in total. The highest BCUT2D eigenvalue weighted by molar-refractivity contribution is 9.10. The molecule has 0 saturated carbocycles. The third kappa shape index (κ3) is 3.56. The Kier molecular flexibility index (Phi) is 3.93. The van der Waals surface area contributed by atoms with Crippen LogP contribution in [0.1, 0.15) is 11.4 Å². The van der Waals surface area contributed by atoms with Crippen LogP contribution in [0.2, 0.25) is 0 Å². The molecule has 0 saturated heterocycles. The number of hydrogen-bond acceptors (Lipinski definition) is 3. The Balaban J connectivity index is 1.87. The summed E-state index contributed by atoms with van der Waals surface area (Å²) in [4.78, 5) is 24.9. The summed E-state index contributed by atoms with van der Waals surface area (Å²) in [5, 5.41) is 8.60. The smallest absolute Gasteiger partial charge is 0.340 e. The van der Waals surface area contributed by atoms with E-state index in [-0.39, 0.29) is 24.6 Å². The predicted octanol–water partition coefficient (Wildman–Crippen LogP) is 0.719. The molecule has 0 aliphatic carbocycles. The van der Waals surface area contributed by atoms with Crippen LogP contribution in [0.4, 0.5) is 0 Å². The van der Waals surface area contributed by atoms with Gasteiger partial charge in [0.15, 0.2) is 0 Å². The summed E-state index contributed by atoms with van der Waals surface area (Å²) in [6.45, 7) is 0.200. The zero-order valence-electron chi connectivity index (χ0n) is 9.37. The number of carbonyl (C=O) groups is 1. The molecule has 94 valence electrons. The minimum Gasteiger partial charge on any atom is -0.349 e. The average Bonchev–Trinajstić information content (AvgIpc) is 2.73. The van der Waals surface area contributed by atoms with Gasteiger partial charge in [0.1, 0.15) is 5.82 Å². The van der Waals surface area contributed by atoms with E-state index in [1.807, 2.05) is 24.3 Å². The van der Waals surface area contributed by atoms with Crippen molar-refractivity contribution in [1.82, 2.24) is 20.5 Å². The summed E-state index contributed by atoms with van der Waals surface area (Å²) in [6, 6.07) is 7.53. The zero-order valence-corrected chi connectivity index (χ0v) is 11.0. The molecule has 6 nitrogen and oxygen atoms in total. The van der Waals surface area contributed by atoms with Crippen LogP contribution in [-0.2, 0) is 17.8 Å². The van der Waals surface area contributed by atoms with Crippen molar-refractivity contribution in [1.29, 1.82) is 0 Å². The summed E-state index contributed by atoms with van der Waals surface area (Å²) >= 11 is 3.34. The number of amides is 1. The minimum atomic E-state index is -0.383. The fraction of sp³-hybridized carbons (Fsp3) is 0.182. The molecule has 0 unspecified atom stereocenters. The number of carbonyl (C=O) groups excluding carboxylic acids is 1. The van der Waals surface area contributed by atoms with Crippen molar-refractivity contribution < 1.29 is 4.79 Å². The third-order valence-electron chi connectivity index (χ3n) is 2.26. The molecule has 0 spiro atoms. The van der Waals surface area contributed by atoms with Gasteiger partial charge in [0.05, 0.1) is 13.0 Å². The number of benzene rings is 1. The van der Waals surface area contributed by atoms with E-state index in [9.17, 15) is 9.59 Å². The molecule has 0 aliphatic heterocycles. The lowest BCUT2D eigenvalue weighted by atomic mass is 10.1. The van der Waals surface area contributed by atoms with Gasteiger partial charge in [-0.3, -0.25) is 9.78 Å². The Hall–Kier alpha value is -1.89. The molecule has 2 aromatic rings. The van der Waals surface area contributed by atoms with Crippen molar-refractivity contribution in [2.45, 2.75) is 13.0 Å². The predicted molar refractivity (Wildman–Crippen MR) is 68.9 cm³/mol. The van der Waals surface area contributed by atoms with E-state index in [4.69, 9.17) is 0 Å². The molecule has 0 fully saturated rings. The van der Waals surface area contributed by atoms with Crippen LogP contribution in [0.5, 0.6) is 0 Å². The van der Waals surface area contributed by atoms with Gasteiger partial charge in [0.25, 0.3) is 0 Å². The lowest BCUT2D eigenvalue weighted by Gasteiger charge is -2.03. The Morgan fingerprint density at radius 1 is 1.44 bits per heavy atom. The second-order valence-corrected chi connectivity index (χ2v) is 4.62. The maximum absolute atomic E-state index is 11.6. The van der Waals surface area contributed by atoms with Gasteiger partial charge in [0, 0.05) is 4.47 Å². The van der Waals surface area contributed by atoms with Crippen molar-refractivity contribution in [2.75, 3.05) is 0 Å². The van der Waals surface area contributed by atoms with E-state index in [2.05, 4.69) is 36.4 Å². The number of hydrogen-bond donors (Lipinski definition) is 3. The van der Waals surface area contributed by atoms with Crippen LogP contribution in [0.3, 0.4) is 0 Å². The van der Waals surface area contributed by atoms with Crippen LogP contribution in [0, 0.1) is 0 Å². The number of aromatic nitrogens is 3. The summed E-state index contributed by atoms with van der Waals surface area (Å²) in [6.07, 6.45) is 0.286. The van der Waals surface area contributed by atoms with Crippen molar-refractivity contribution in [3.05, 3.63) is 50.6 Å². The highest BCUT2D eigenvalue weighted by Crippen LogP contribution is 2.11. The molecule has 1 aromatic heterocycles. The summed E-state index contributed by atoms with van der Waals surface area (Å²) in [7, 11) is 0. The molecule has 0 atom stereocenters. The zero-order chi connectivity index (χ0) is 13.0. The van der Waals surface area contributed by atoms with Gasteiger partial charge in [-0.05, 0) is 17.7 Å². The maximum Gasteiger partial charge on any atom is 0.340 e. The first-order valence-electron chi connectivity index (χ1n) is 5.28. The molecular weight excluding hydrogens is 300 g/mol. The SMILES string of the molecule is O=C(Cc1cccc(Br)c1)NCc1n[nH]c(=O)[nH]1. The molecule has 7 heteroatoms. The normalized spacial score (nSPS) is 10.3. The van der Waals surface area contributed by atoms with E-state index in [0.29, 0.717) is 5.82 Å². The first-order valence-corrected chi connectivity index (χ1v) is 6.07. The molecule has 1 heterocycles. The molecule has 1 aromatic carbocycles.